The third-order valence-electron chi connectivity index (χ3n) is 2.49. The van der Waals surface area contributed by atoms with Gasteiger partial charge in [0, 0.05) is 5.56 Å². The second-order valence-electron chi connectivity index (χ2n) is 4.01. The van der Waals surface area contributed by atoms with Crippen LogP contribution in [0.25, 0.3) is 11.3 Å². The molecule has 1 aromatic carbocycles. The van der Waals surface area contributed by atoms with Gasteiger partial charge in [0.15, 0.2) is 5.11 Å². The number of nitrogens with two attached hydrogens (primary N) is 1. The van der Waals surface area contributed by atoms with Crippen LogP contribution >= 0.6 is 12.2 Å². The quantitative estimate of drug-likeness (QED) is 0.519. The number of benzene rings is 1. The average Bonchev–Trinajstić information content (AvgIpc) is 2.86. The highest BCUT2D eigenvalue weighted by atomic mass is 32.1. The highest BCUT2D eigenvalue weighted by molar-refractivity contribution is 7.80. The first-order chi connectivity index (χ1) is 9.86. The molecule has 0 saturated heterocycles. The fraction of sp³-hybridized carbons (Fsp3) is 0.0769. The molecule has 21 heavy (non-hydrogen) atoms. The van der Waals surface area contributed by atoms with E-state index in [-0.39, 0.29) is 5.11 Å². The summed E-state index contributed by atoms with van der Waals surface area (Å²) in [5, 5.41) is 3.73. The lowest BCUT2D eigenvalue weighted by Gasteiger charge is -2.06. The number of thiocarbonyl (C=S) groups is 1. The molecule has 110 valence electrons. The smallest absolute Gasteiger partial charge is 0.416 e. The molecule has 1 aromatic heterocycles. The Morgan fingerprint density at radius 1 is 1.19 bits per heavy atom. The summed E-state index contributed by atoms with van der Waals surface area (Å²) in [5.74, 6) is 0.842. The van der Waals surface area contributed by atoms with Crippen molar-refractivity contribution < 1.29 is 17.6 Å². The van der Waals surface area contributed by atoms with Gasteiger partial charge in [-0.25, -0.2) is 0 Å². The number of hydrazone groups is 1. The van der Waals surface area contributed by atoms with Crippen LogP contribution in [0.2, 0.25) is 0 Å². The van der Waals surface area contributed by atoms with E-state index in [2.05, 4.69) is 22.7 Å². The van der Waals surface area contributed by atoms with Crippen molar-refractivity contribution in [1.29, 1.82) is 0 Å². The summed E-state index contributed by atoms with van der Waals surface area (Å²) < 4.78 is 42.8. The van der Waals surface area contributed by atoms with Crippen molar-refractivity contribution in [3.8, 4) is 11.3 Å². The molecule has 0 aliphatic carbocycles. The van der Waals surface area contributed by atoms with E-state index in [1.165, 1.54) is 18.3 Å². The number of nitrogens with one attached hydrogen (secondary N) is 1. The summed E-state index contributed by atoms with van der Waals surface area (Å²) in [6.45, 7) is 0. The highest BCUT2D eigenvalue weighted by Crippen LogP contribution is 2.31. The molecule has 1 heterocycles. The number of halogens is 3. The first-order valence-corrected chi connectivity index (χ1v) is 6.13. The van der Waals surface area contributed by atoms with Crippen molar-refractivity contribution in [2.24, 2.45) is 10.8 Å². The fourth-order valence-electron chi connectivity index (χ4n) is 1.56. The number of hydrogen-bond acceptors (Lipinski definition) is 3. The van der Waals surface area contributed by atoms with Gasteiger partial charge in [-0.2, -0.15) is 18.3 Å². The molecule has 0 atom stereocenters. The van der Waals surface area contributed by atoms with E-state index in [1.54, 1.807) is 12.1 Å². The van der Waals surface area contributed by atoms with Crippen molar-refractivity contribution in [2.75, 3.05) is 0 Å². The molecule has 0 radical (unpaired) electrons. The molecule has 0 spiro atoms. The number of rotatable bonds is 3. The van der Waals surface area contributed by atoms with E-state index in [9.17, 15) is 13.2 Å². The van der Waals surface area contributed by atoms with E-state index < -0.39 is 11.7 Å². The van der Waals surface area contributed by atoms with Crippen molar-refractivity contribution >= 4 is 23.5 Å². The van der Waals surface area contributed by atoms with Crippen molar-refractivity contribution in [3.05, 3.63) is 47.7 Å². The molecular weight excluding hydrogens is 303 g/mol. The van der Waals surface area contributed by atoms with E-state index in [4.69, 9.17) is 10.2 Å². The molecular formula is C13H10F3N3OS. The molecule has 0 unspecified atom stereocenters. The highest BCUT2D eigenvalue weighted by Gasteiger charge is 2.30. The summed E-state index contributed by atoms with van der Waals surface area (Å²) in [6.07, 6.45) is -3.00. The zero-order valence-corrected chi connectivity index (χ0v) is 11.3. The Kier molecular flexibility index (Phi) is 4.27. The average molecular weight is 313 g/mol. The fourth-order valence-corrected chi connectivity index (χ4v) is 1.61. The van der Waals surface area contributed by atoms with Gasteiger partial charge in [-0.3, -0.25) is 5.43 Å². The van der Waals surface area contributed by atoms with E-state index >= 15 is 0 Å². The van der Waals surface area contributed by atoms with Crippen molar-refractivity contribution in [1.82, 2.24) is 5.43 Å². The number of furan rings is 1. The maximum Gasteiger partial charge on any atom is 0.416 e. The Labute approximate surface area is 123 Å². The second-order valence-corrected chi connectivity index (χ2v) is 4.45. The summed E-state index contributed by atoms with van der Waals surface area (Å²) >= 11 is 4.57. The van der Waals surface area contributed by atoms with Crippen LogP contribution in [0.4, 0.5) is 13.2 Å². The van der Waals surface area contributed by atoms with Crippen molar-refractivity contribution in [2.45, 2.75) is 6.18 Å². The molecule has 0 aliphatic rings. The number of alkyl halides is 3. The molecule has 2 rings (SSSR count). The van der Waals surface area contributed by atoms with Gasteiger partial charge in [-0.1, -0.05) is 12.1 Å². The first kappa shape index (κ1) is 15.0. The number of nitrogens with zero attached hydrogens (tertiary/aromatic N) is 1. The van der Waals surface area contributed by atoms with Gasteiger partial charge < -0.3 is 10.2 Å². The monoisotopic (exact) mass is 313 g/mol. The maximum absolute atomic E-state index is 12.5. The van der Waals surface area contributed by atoms with Gasteiger partial charge in [0.1, 0.15) is 11.5 Å². The van der Waals surface area contributed by atoms with Crippen LogP contribution in [0, 0.1) is 0 Å². The van der Waals surface area contributed by atoms with Gasteiger partial charge in [-0.05, 0) is 36.5 Å². The summed E-state index contributed by atoms with van der Waals surface area (Å²) in [4.78, 5) is 0. The summed E-state index contributed by atoms with van der Waals surface area (Å²) in [6, 6.07) is 7.94. The van der Waals surface area contributed by atoms with Gasteiger partial charge in [-0.15, -0.1) is 0 Å². The zero-order valence-electron chi connectivity index (χ0n) is 10.5. The third-order valence-corrected chi connectivity index (χ3v) is 2.58. The van der Waals surface area contributed by atoms with Crippen LogP contribution < -0.4 is 11.2 Å². The standard InChI is InChI=1S/C13H10F3N3OS/c14-13(15,16)9-3-1-8(2-4-9)11-6-5-10(20-11)7-18-19-12(17)21/h1-7H,(H3,17,19,21)/b18-7+. The Bertz CT molecular complexity index is 662. The molecule has 0 saturated carbocycles. The van der Waals surface area contributed by atoms with Crippen LogP contribution in [0.3, 0.4) is 0 Å². The van der Waals surface area contributed by atoms with Gasteiger partial charge in [0.2, 0.25) is 0 Å². The summed E-state index contributed by atoms with van der Waals surface area (Å²) in [7, 11) is 0. The Hall–Kier alpha value is -2.35. The van der Waals surface area contributed by atoms with Crippen LogP contribution in [0.1, 0.15) is 11.3 Å². The minimum atomic E-state index is -4.36. The summed E-state index contributed by atoms with van der Waals surface area (Å²) in [5.41, 5.74) is 7.37. The zero-order chi connectivity index (χ0) is 15.5. The lowest BCUT2D eigenvalue weighted by Crippen LogP contribution is -2.23. The minimum absolute atomic E-state index is 0.0146. The Morgan fingerprint density at radius 2 is 1.86 bits per heavy atom. The van der Waals surface area contributed by atoms with Gasteiger partial charge >= 0.3 is 6.18 Å². The lowest BCUT2D eigenvalue weighted by atomic mass is 10.1. The van der Waals surface area contributed by atoms with E-state index in [0.717, 1.165) is 12.1 Å². The molecule has 2 aromatic rings. The third kappa shape index (κ3) is 4.06. The van der Waals surface area contributed by atoms with E-state index in [0.29, 0.717) is 17.1 Å². The molecule has 0 aliphatic heterocycles. The Morgan fingerprint density at radius 3 is 2.43 bits per heavy atom. The van der Waals surface area contributed by atoms with Crippen molar-refractivity contribution in [3.63, 3.8) is 0 Å². The predicted octanol–water partition coefficient (Wildman–Crippen LogP) is 3.13. The van der Waals surface area contributed by atoms with Crippen LogP contribution in [0.15, 0.2) is 45.9 Å². The van der Waals surface area contributed by atoms with Gasteiger partial charge in [0.25, 0.3) is 0 Å². The SMILES string of the molecule is NC(=S)N/N=C/c1ccc(-c2ccc(C(F)(F)F)cc2)o1. The molecule has 8 heteroatoms. The Balaban J connectivity index is 2.14. The van der Waals surface area contributed by atoms with Crippen LogP contribution in [-0.2, 0) is 6.18 Å². The lowest BCUT2D eigenvalue weighted by molar-refractivity contribution is -0.137. The maximum atomic E-state index is 12.5. The number of hydrogen-bond donors (Lipinski definition) is 2. The first-order valence-electron chi connectivity index (χ1n) is 5.72. The molecule has 0 fully saturated rings. The minimum Gasteiger partial charge on any atom is -0.455 e. The molecule has 0 amide bonds. The molecule has 0 bridgehead atoms. The van der Waals surface area contributed by atoms with Crippen LogP contribution in [0.5, 0.6) is 0 Å². The predicted molar refractivity (Wildman–Crippen MR) is 76.7 cm³/mol. The normalized spacial score (nSPS) is 11.8. The van der Waals surface area contributed by atoms with Crippen LogP contribution in [-0.4, -0.2) is 11.3 Å². The molecule has 3 N–H and O–H groups in total. The molecule has 4 nitrogen and oxygen atoms in total. The second kappa shape index (κ2) is 5.96. The van der Waals surface area contributed by atoms with Gasteiger partial charge in [0.05, 0.1) is 11.8 Å². The topological polar surface area (TPSA) is 63.5 Å². The van der Waals surface area contributed by atoms with E-state index in [1.807, 2.05) is 0 Å². The largest absolute Gasteiger partial charge is 0.455 e.